The molecule has 0 aliphatic carbocycles. The number of rotatable bonds is 5. The Balaban J connectivity index is 2.29. The summed E-state index contributed by atoms with van der Waals surface area (Å²) in [5.41, 5.74) is 1.54. The molecule has 2 aromatic carbocycles. The Morgan fingerprint density at radius 1 is 1.15 bits per heavy atom. The van der Waals surface area contributed by atoms with Gasteiger partial charge in [-0.3, -0.25) is 0 Å². The van der Waals surface area contributed by atoms with Crippen LogP contribution in [-0.2, 0) is 6.42 Å². The first-order valence-corrected chi connectivity index (χ1v) is 6.91. The van der Waals surface area contributed by atoms with Crippen LogP contribution >= 0.6 is 11.6 Å². The van der Waals surface area contributed by atoms with E-state index in [4.69, 9.17) is 11.6 Å². The minimum atomic E-state index is -0.439. The van der Waals surface area contributed by atoms with E-state index in [1.807, 2.05) is 13.0 Å². The molecule has 1 unspecified atom stereocenters. The minimum absolute atomic E-state index is 0.120. The summed E-state index contributed by atoms with van der Waals surface area (Å²) < 4.78 is 26.8. The highest BCUT2D eigenvalue weighted by atomic mass is 35.5. The van der Waals surface area contributed by atoms with Gasteiger partial charge in [-0.1, -0.05) is 42.8 Å². The Hall–Kier alpha value is -1.45. The van der Waals surface area contributed by atoms with Crippen LogP contribution in [0.5, 0.6) is 0 Å². The van der Waals surface area contributed by atoms with Gasteiger partial charge in [0, 0.05) is 6.04 Å². The Kier molecular flexibility index (Phi) is 5.10. The summed E-state index contributed by atoms with van der Waals surface area (Å²) in [5, 5.41) is 3.38. The van der Waals surface area contributed by atoms with Crippen molar-refractivity contribution in [3.63, 3.8) is 0 Å². The Bertz CT molecular complexity index is 586. The Morgan fingerprint density at radius 3 is 2.60 bits per heavy atom. The van der Waals surface area contributed by atoms with Gasteiger partial charge in [-0.25, -0.2) is 8.78 Å². The quantitative estimate of drug-likeness (QED) is 0.855. The number of hydrogen-bond donors (Lipinski definition) is 1. The SMILES string of the molecule is CCNC(Cc1cccc(F)c1)c1cccc(F)c1Cl. The zero-order chi connectivity index (χ0) is 14.5. The maximum atomic E-state index is 13.6. The highest BCUT2D eigenvalue weighted by Gasteiger charge is 2.16. The third kappa shape index (κ3) is 3.56. The van der Waals surface area contributed by atoms with Crippen LogP contribution in [-0.4, -0.2) is 6.54 Å². The van der Waals surface area contributed by atoms with Crippen LogP contribution in [0.3, 0.4) is 0 Å². The molecule has 20 heavy (non-hydrogen) atoms. The first-order valence-electron chi connectivity index (χ1n) is 6.53. The molecule has 1 nitrogen and oxygen atoms in total. The summed E-state index contributed by atoms with van der Waals surface area (Å²) in [5.74, 6) is -0.714. The molecule has 0 fully saturated rings. The molecule has 106 valence electrons. The van der Waals surface area contributed by atoms with Crippen molar-refractivity contribution in [3.05, 3.63) is 70.2 Å². The molecule has 0 aliphatic rings. The zero-order valence-corrected chi connectivity index (χ0v) is 11.9. The molecule has 0 saturated heterocycles. The molecule has 2 aromatic rings. The lowest BCUT2D eigenvalue weighted by Crippen LogP contribution is -2.23. The lowest BCUT2D eigenvalue weighted by molar-refractivity contribution is 0.540. The number of hydrogen-bond acceptors (Lipinski definition) is 1. The third-order valence-corrected chi connectivity index (χ3v) is 3.54. The van der Waals surface area contributed by atoms with Crippen LogP contribution in [0.2, 0.25) is 5.02 Å². The second-order valence-electron chi connectivity index (χ2n) is 4.59. The average Bonchev–Trinajstić information content (AvgIpc) is 2.42. The molecule has 0 aliphatic heterocycles. The molecule has 0 radical (unpaired) electrons. The highest BCUT2D eigenvalue weighted by molar-refractivity contribution is 6.31. The topological polar surface area (TPSA) is 12.0 Å². The fourth-order valence-corrected chi connectivity index (χ4v) is 2.49. The lowest BCUT2D eigenvalue weighted by Gasteiger charge is -2.20. The second kappa shape index (κ2) is 6.82. The minimum Gasteiger partial charge on any atom is -0.310 e. The predicted molar refractivity (Wildman–Crippen MR) is 77.9 cm³/mol. The molecule has 0 saturated carbocycles. The molecule has 0 spiro atoms. The van der Waals surface area contributed by atoms with E-state index in [0.29, 0.717) is 18.5 Å². The summed E-state index contributed by atoms with van der Waals surface area (Å²) in [6.45, 7) is 2.68. The molecule has 0 aromatic heterocycles. The van der Waals surface area contributed by atoms with Crippen molar-refractivity contribution in [3.8, 4) is 0 Å². The van der Waals surface area contributed by atoms with Crippen molar-refractivity contribution in [2.45, 2.75) is 19.4 Å². The highest BCUT2D eigenvalue weighted by Crippen LogP contribution is 2.28. The van der Waals surface area contributed by atoms with E-state index < -0.39 is 5.82 Å². The monoisotopic (exact) mass is 295 g/mol. The number of likely N-dealkylation sites (N-methyl/N-ethyl adjacent to an activating group) is 1. The second-order valence-corrected chi connectivity index (χ2v) is 4.97. The van der Waals surface area contributed by atoms with E-state index in [0.717, 1.165) is 5.56 Å². The Morgan fingerprint density at radius 2 is 1.90 bits per heavy atom. The van der Waals surface area contributed by atoms with Gasteiger partial charge < -0.3 is 5.32 Å². The van der Waals surface area contributed by atoms with Gasteiger partial charge in [0.2, 0.25) is 0 Å². The van der Waals surface area contributed by atoms with E-state index in [2.05, 4.69) is 5.32 Å². The Labute approximate surface area is 122 Å². The largest absolute Gasteiger partial charge is 0.310 e. The maximum Gasteiger partial charge on any atom is 0.142 e. The lowest BCUT2D eigenvalue weighted by atomic mass is 9.98. The summed E-state index contributed by atoms with van der Waals surface area (Å²) in [6.07, 6.45) is 0.550. The molecule has 0 heterocycles. The standard InChI is InChI=1S/C16H16ClF2N/c1-2-20-15(10-11-5-3-6-12(18)9-11)13-7-4-8-14(19)16(13)17/h3-9,15,20H,2,10H2,1H3. The molecule has 0 bridgehead atoms. The summed E-state index contributed by atoms with van der Waals surface area (Å²) >= 11 is 6.03. The molecule has 1 N–H and O–H groups in total. The van der Waals surface area contributed by atoms with Crippen molar-refractivity contribution >= 4 is 11.6 Å². The van der Waals surface area contributed by atoms with E-state index in [9.17, 15) is 8.78 Å². The van der Waals surface area contributed by atoms with Crippen molar-refractivity contribution in [2.24, 2.45) is 0 Å². The van der Waals surface area contributed by atoms with Crippen LogP contribution in [0.15, 0.2) is 42.5 Å². The van der Waals surface area contributed by atoms with Crippen LogP contribution in [0.25, 0.3) is 0 Å². The smallest absolute Gasteiger partial charge is 0.142 e. The number of benzene rings is 2. The number of nitrogens with one attached hydrogen (secondary N) is 1. The van der Waals surface area contributed by atoms with Gasteiger partial charge in [0.05, 0.1) is 5.02 Å². The van der Waals surface area contributed by atoms with Gasteiger partial charge in [0.15, 0.2) is 0 Å². The van der Waals surface area contributed by atoms with Gasteiger partial charge in [0.1, 0.15) is 11.6 Å². The summed E-state index contributed by atoms with van der Waals surface area (Å²) in [7, 11) is 0. The van der Waals surface area contributed by atoms with E-state index >= 15 is 0 Å². The van der Waals surface area contributed by atoms with E-state index in [1.165, 1.54) is 18.2 Å². The molecular formula is C16H16ClF2N. The van der Waals surface area contributed by atoms with Gasteiger partial charge in [0.25, 0.3) is 0 Å². The normalized spacial score (nSPS) is 12.4. The first-order chi connectivity index (χ1) is 9.61. The van der Waals surface area contributed by atoms with Crippen LogP contribution < -0.4 is 5.32 Å². The van der Waals surface area contributed by atoms with E-state index in [-0.39, 0.29) is 16.9 Å². The maximum absolute atomic E-state index is 13.6. The first kappa shape index (κ1) is 14.9. The van der Waals surface area contributed by atoms with Crippen LogP contribution in [0.4, 0.5) is 8.78 Å². The fourth-order valence-electron chi connectivity index (χ4n) is 2.23. The zero-order valence-electron chi connectivity index (χ0n) is 11.2. The van der Waals surface area contributed by atoms with Crippen LogP contribution in [0.1, 0.15) is 24.1 Å². The fraction of sp³-hybridized carbons (Fsp3) is 0.250. The molecule has 4 heteroatoms. The van der Waals surface area contributed by atoms with Crippen molar-refractivity contribution < 1.29 is 8.78 Å². The summed E-state index contributed by atoms with van der Waals surface area (Å²) in [6, 6.07) is 11.0. The van der Waals surface area contributed by atoms with Gasteiger partial charge >= 0.3 is 0 Å². The summed E-state index contributed by atoms with van der Waals surface area (Å²) in [4.78, 5) is 0. The van der Waals surface area contributed by atoms with Crippen molar-refractivity contribution in [1.29, 1.82) is 0 Å². The molecular weight excluding hydrogens is 280 g/mol. The van der Waals surface area contributed by atoms with E-state index in [1.54, 1.807) is 18.2 Å². The van der Waals surface area contributed by atoms with Crippen molar-refractivity contribution in [2.75, 3.05) is 6.54 Å². The predicted octanol–water partition coefficient (Wildman–Crippen LogP) is 4.51. The van der Waals surface area contributed by atoms with Gasteiger partial charge in [-0.05, 0) is 42.3 Å². The van der Waals surface area contributed by atoms with Gasteiger partial charge in [-0.2, -0.15) is 0 Å². The molecule has 0 amide bonds. The third-order valence-electron chi connectivity index (χ3n) is 3.14. The van der Waals surface area contributed by atoms with Gasteiger partial charge in [-0.15, -0.1) is 0 Å². The molecule has 2 rings (SSSR count). The van der Waals surface area contributed by atoms with Crippen LogP contribution in [0, 0.1) is 11.6 Å². The molecule has 1 atom stereocenters. The van der Waals surface area contributed by atoms with Crippen molar-refractivity contribution in [1.82, 2.24) is 5.32 Å². The average molecular weight is 296 g/mol. The number of halogens is 3.